The lowest BCUT2D eigenvalue weighted by Crippen LogP contribution is -2.20. The van der Waals surface area contributed by atoms with Crippen LogP contribution in [0.4, 0.5) is 5.69 Å². The molecule has 0 saturated heterocycles. The van der Waals surface area contributed by atoms with Crippen molar-refractivity contribution in [1.82, 2.24) is 4.57 Å². The van der Waals surface area contributed by atoms with E-state index in [2.05, 4.69) is 0 Å². The summed E-state index contributed by atoms with van der Waals surface area (Å²) in [7, 11) is 0. The standard InChI is InChI=1S/C14H10N2O3S/c17-14-12-6-2-1-5-11(12)13(16(18)19)9-15(14)8-10-4-3-7-20-10/h1-7,9H,8H2. The summed E-state index contributed by atoms with van der Waals surface area (Å²) in [5, 5.41) is 13.8. The number of pyridine rings is 1. The van der Waals surface area contributed by atoms with E-state index in [9.17, 15) is 14.9 Å². The molecule has 5 nitrogen and oxygen atoms in total. The molecule has 0 bridgehead atoms. The van der Waals surface area contributed by atoms with Crippen LogP contribution in [0, 0.1) is 10.1 Å². The zero-order valence-electron chi connectivity index (χ0n) is 10.4. The summed E-state index contributed by atoms with van der Waals surface area (Å²) >= 11 is 1.52. The molecule has 3 rings (SSSR count). The zero-order chi connectivity index (χ0) is 14.1. The van der Waals surface area contributed by atoms with Crippen LogP contribution in [-0.2, 0) is 6.54 Å². The van der Waals surface area contributed by atoms with Gasteiger partial charge in [-0.25, -0.2) is 0 Å². The normalized spacial score (nSPS) is 10.8. The summed E-state index contributed by atoms with van der Waals surface area (Å²) in [6.45, 7) is 0.349. The van der Waals surface area contributed by atoms with E-state index < -0.39 is 4.92 Å². The molecule has 2 heterocycles. The van der Waals surface area contributed by atoms with Gasteiger partial charge in [0.25, 0.3) is 11.2 Å². The molecule has 1 aromatic carbocycles. The van der Waals surface area contributed by atoms with Crippen LogP contribution in [0.2, 0.25) is 0 Å². The predicted molar refractivity (Wildman–Crippen MR) is 78.3 cm³/mol. The fourth-order valence-electron chi connectivity index (χ4n) is 2.16. The Morgan fingerprint density at radius 2 is 1.90 bits per heavy atom. The van der Waals surface area contributed by atoms with Crippen LogP contribution in [0.15, 0.2) is 52.8 Å². The molecule has 0 atom stereocenters. The second kappa shape index (κ2) is 4.90. The molecule has 6 heteroatoms. The van der Waals surface area contributed by atoms with Crippen LogP contribution >= 0.6 is 11.3 Å². The van der Waals surface area contributed by atoms with Gasteiger partial charge in [0, 0.05) is 4.88 Å². The summed E-state index contributed by atoms with van der Waals surface area (Å²) in [5.74, 6) is 0. The number of fused-ring (bicyclic) bond motifs is 1. The number of rotatable bonds is 3. The average Bonchev–Trinajstić information content (AvgIpc) is 2.94. The summed E-state index contributed by atoms with van der Waals surface area (Å²) in [6.07, 6.45) is 1.32. The highest BCUT2D eigenvalue weighted by molar-refractivity contribution is 7.09. The van der Waals surface area contributed by atoms with Gasteiger partial charge >= 0.3 is 0 Å². The number of nitrogens with zero attached hydrogens (tertiary/aromatic N) is 2. The SMILES string of the molecule is O=c1c2ccccc2c([N+](=O)[O-])cn1Cc1cccs1. The maximum absolute atomic E-state index is 12.4. The Balaban J connectivity index is 2.25. The predicted octanol–water partition coefficient (Wildman–Crippen LogP) is 3.02. The van der Waals surface area contributed by atoms with E-state index >= 15 is 0 Å². The van der Waals surface area contributed by atoms with Crippen LogP contribution in [0.25, 0.3) is 10.8 Å². The van der Waals surface area contributed by atoms with Gasteiger partial charge in [-0.1, -0.05) is 18.2 Å². The van der Waals surface area contributed by atoms with Gasteiger partial charge in [-0.3, -0.25) is 14.9 Å². The third-order valence-electron chi connectivity index (χ3n) is 3.08. The number of thiophene rings is 1. The number of hydrogen-bond donors (Lipinski definition) is 0. The van der Waals surface area contributed by atoms with Crippen molar-refractivity contribution in [1.29, 1.82) is 0 Å². The molecular formula is C14H10N2O3S. The molecule has 0 N–H and O–H groups in total. The van der Waals surface area contributed by atoms with Crippen molar-refractivity contribution < 1.29 is 4.92 Å². The molecule has 0 saturated carbocycles. The molecule has 20 heavy (non-hydrogen) atoms. The van der Waals surface area contributed by atoms with Crippen molar-refractivity contribution in [2.45, 2.75) is 6.54 Å². The molecule has 0 aliphatic carbocycles. The van der Waals surface area contributed by atoms with Crippen molar-refractivity contribution in [3.8, 4) is 0 Å². The lowest BCUT2D eigenvalue weighted by molar-refractivity contribution is -0.383. The van der Waals surface area contributed by atoms with Gasteiger partial charge < -0.3 is 4.57 Å². The fourth-order valence-corrected chi connectivity index (χ4v) is 2.86. The van der Waals surface area contributed by atoms with Gasteiger partial charge in [0.2, 0.25) is 0 Å². The molecule has 0 fully saturated rings. The monoisotopic (exact) mass is 286 g/mol. The highest BCUT2D eigenvalue weighted by Gasteiger charge is 2.16. The smallest absolute Gasteiger partial charge is 0.293 e. The first kappa shape index (κ1) is 12.6. The van der Waals surface area contributed by atoms with Crippen molar-refractivity contribution in [2.75, 3.05) is 0 Å². The second-order valence-corrected chi connectivity index (χ2v) is 5.36. The number of benzene rings is 1. The van der Waals surface area contributed by atoms with Crippen molar-refractivity contribution in [2.24, 2.45) is 0 Å². The van der Waals surface area contributed by atoms with E-state index in [4.69, 9.17) is 0 Å². The van der Waals surface area contributed by atoms with E-state index in [1.54, 1.807) is 24.3 Å². The molecule has 0 unspecified atom stereocenters. The minimum Gasteiger partial charge on any atom is -0.303 e. The lowest BCUT2D eigenvalue weighted by Gasteiger charge is -2.06. The lowest BCUT2D eigenvalue weighted by atomic mass is 10.1. The molecule has 0 radical (unpaired) electrons. The fraction of sp³-hybridized carbons (Fsp3) is 0.0714. The van der Waals surface area contributed by atoms with Crippen LogP contribution < -0.4 is 5.56 Å². The number of aromatic nitrogens is 1. The summed E-state index contributed by atoms with van der Waals surface area (Å²) in [6, 6.07) is 10.4. The highest BCUT2D eigenvalue weighted by Crippen LogP contribution is 2.23. The van der Waals surface area contributed by atoms with E-state index in [0.717, 1.165) is 4.88 Å². The van der Waals surface area contributed by atoms with Gasteiger partial charge in [0.15, 0.2) is 0 Å². The summed E-state index contributed by atoms with van der Waals surface area (Å²) in [4.78, 5) is 24.1. The number of hydrogen-bond acceptors (Lipinski definition) is 4. The molecule has 0 aliphatic heterocycles. The van der Waals surface area contributed by atoms with E-state index in [1.165, 1.54) is 22.1 Å². The Bertz CT molecular complexity index is 837. The largest absolute Gasteiger partial charge is 0.303 e. The maximum atomic E-state index is 12.4. The Kier molecular flexibility index (Phi) is 3.08. The van der Waals surface area contributed by atoms with Crippen LogP contribution in [0.5, 0.6) is 0 Å². The van der Waals surface area contributed by atoms with Crippen molar-refractivity contribution >= 4 is 27.8 Å². The first-order valence-electron chi connectivity index (χ1n) is 5.96. The van der Waals surface area contributed by atoms with Gasteiger partial charge in [0.05, 0.1) is 28.4 Å². The summed E-state index contributed by atoms with van der Waals surface area (Å²) in [5.41, 5.74) is -0.253. The van der Waals surface area contributed by atoms with Crippen molar-refractivity contribution in [3.05, 3.63) is 73.3 Å². The van der Waals surface area contributed by atoms with Crippen LogP contribution in [0.3, 0.4) is 0 Å². The van der Waals surface area contributed by atoms with Gasteiger partial charge in [-0.2, -0.15) is 0 Å². The Morgan fingerprint density at radius 1 is 1.15 bits per heavy atom. The molecule has 2 aromatic heterocycles. The average molecular weight is 286 g/mol. The molecule has 0 spiro atoms. The van der Waals surface area contributed by atoms with Gasteiger partial charge in [0.1, 0.15) is 0 Å². The molecule has 0 amide bonds. The Hall–Kier alpha value is -2.47. The first-order valence-corrected chi connectivity index (χ1v) is 6.84. The van der Waals surface area contributed by atoms with Gasteiger partial charge in [-0.15, -0.1) is 11.3 Å². The molecule has 100 valence electrons. The molecule has 0 aliphatic rings. The topological polar surface area (TPSA) is 65.1 Å². The highest BCUT2D eigenvalue weighted by atomic mass is 32.1. The Labute approximate surface area is 117 Å². The minimum atomic E-state index is -0.452. The first-order chi connectivity index (χ1) is 9.66. The van der Waals surface area contributed by atoms with Crippen LogP contribution in [0.1, 0.15) is 4.88 Å². The van der Waals surface area contributed by atoms with E-state index in [0.29, 0.717) is 17.3 Å². The molecule has 3 aromatic rings. The quantitative estimate of drug-likeness (QED) is 0.549. The second-order valence-electron chi connectivity index (χ2n) is 4.33. The van der Waals surface area contributed by atoms with Gasteiger partial charge in [-0.05, 0) is 23.6 Å². The third kappa shape index (κ3) is 2.10. The zero-order valence-corrected chi connectivity index (χ0v) is 11.2. The van der Waals surface area contributed by atoms with Crippen molar-refractivity contribution in [3.63, 3.8) is 0 Å². The van der Waals surface area contributed by atoms with E-state index in [1.807, 2.05) is 17.5 Å². The molecular weight excluding hydrogens is 276 g/mol. The van der Waals surface area contributed by atoms with E-state index in [-0.39, 0.29) is 11.2 Å². The van der Waals surface area contributed by atoms with Crippen LogP contribution in [-0.4, -0.2) is 9.49 Å². The summed E-state index contributed by atoms with van der Waals surface area (Å²) < 4.78 is 1.40. The third-order valence-corrected chi connectivity index (χ3v) is 3.94. The Morgan fingerprint density at radius 3 is 2.55 bits per heavy atom. The minimum absolute atomic E-state index is 0.0447. The maximum Gasteiger partial charge on any atom is 0.293 e. The number of nitro groups is 1.